The largest absolute Gasteiger partial charge is 0.447 e. The second-order valence-corrected chi connectivity index (χ2v) is 5.55. The van der Waals surface area contributed by atoms with Crippen molar-refractivity contribution in [3.63, 3.8) is 0 Å². The van der Waals surface area contributed by atoms with Gasteiger partial charge in [-0.1, -0.05) is 0 Å². The van der Waals surface area contributed by atoms with Crippen LogP contribution in [0.4, 0.5) is 9.18 Å². The maximum atomic E-state index is 13.1. The van der Waals surface area contributed by atoms with Crippen molar-refractivity contribution in [3.8, 4) is 0 Å². The van der Waals surface area contributed by atoms with Gasteiger partial charge in [0.15, 0.2) is 0 Å². The molecule has 19 heavy (non-hydrogen) atoms. The summed E-state index contributed by atoms with van der Waals surface area (Å²) in [6, 6.07) is 4.17. The monoisotopic (exact) mass is 282 g/mol. The molecule has 1 atom stereocenters. The highest BCUT2D eigenvalue weighted by Gasteiger charge is 2.15. The molecule has 0 spiro atoms. The predicted molar refractivity (Wildman–Crippen MR) is 72.7 cm³/mol. The number of hydrogen-bond acceptors (Lipinski definition) is 4. The summed E-state index contributed by atoms with van der Waals surface area (Å²) in [5, 5.41) is 3.42. The van der Waals surface area contributed by atoms with E-state index in [0.29, 0.717) is 0 Å². The summed E-state index contributed by atoms with van der Waals surface area (Å²) in [6.45, 7) is 5.38. The number of hydrogen-bond donors (Lipinski definition) is 1. The van der Waals surface area contributed by atoms with Crippen LogP contribution in [0.2, 0.25) is 0 Å². The van der Waals surface area contributed by atoms with Crippen LogP contribution in [0.15, 0.2) is 18.2 Å². The number of carbonyl (C=O) groups is 1. The first-order valence-electron chi connectivity index (χ1n) is 5.99. The first-order valence-corrected chi connectivity index (χ1v) is 6.80. The van der Waals surface area contributed by atoms with E-state index in [1.165, 1.54) is 23.5 Å². The number of ether oxygens (including phenoxy) is 1. The molecule has 1 amide bonds. The zero-order valence-electron chi connectivity index (χ0n) is 10.9. The van der Waals surface area contributed by atoms with Gasteiger partial charge in [-0.3, -0.25) is 0 Å². The number of amides is 1. The van der Waals surface area contributed by atoms with Crippen LogP contribution in [0.25, 0.3) is 10.2 Å². The number of carbonyl (C=O) groups excluding carboxylic acids is 1. The number of nitrogens with one attached hydrogen (secondary N) is 1. The molecule has 6 heteroatoms. The van der Waals surface area contributed by atoms with Crippen molar-refractivity contribution in [3.05, 3.63) is 29.0 Å². The van der Waals surface area contributed by atoms with Gasteiger partial charge in [-0.2, -0.15) is 0 Å². The van der Waals surface area contributed by atoms with Crippen molar-refractivity contribution in [2.24, 2.45) is 0 Å². The highest BCUT2D eigenvalue weighted by atomic mass is 32.1. The average molecular weight is 282 g/mol. The van der Waals surface area contributed by atoms with Gasteiger partial charge in [0.2, 0.25) is 0 Å². The normalized spacial score (nSPS) is 12.7. The molecule has 0 aliphatic carbocycles. The zero-order chi connectivity index (χ0) is 14.0. The fourth-order valence-electron chi connectivity index (χ4n) is 1.59. The van der Waals surface area contributed by atoms with Crippen molar-refractivity contribution >= 4 is 27.6 Å². The van der Waals surface area contributed by atoms with Crippen LogP contribution in [0, 0.1) is 5.82 Å². The van der Waals surface area contributed by atoms with Crippen LogP contribution in [-0.2, 0) is 4.74 Å². The number of thiazole rings is 1. The topological polar surface area (TPSA) is 51.2 Å². The van der Waals surface area contributed by atoms with Gasteiger partial charge in [0.25, 0.3) is 0 Å². The summed E-state index contributed by atoms with van der Waals surface area (Å²) >= 11 is 1.36. The molecule has 2 aromatic rings. The van der Waals surface area contributed by atoms with Crippen LogP contribution in [-0.4, -0.2) is 17.2 Å². The van der Waals surface area contributed by atoms with E-state index < -0.39 is 6.09 Å². The Morgan fingerprint density at radius 1 is 1.42 bits per heavy atom. The van der Waals surface area contributed by atoms with Gasteiger partial charge in [-0.05, 0) is 39.0 Å². The lowest BCUT2D eigenvalue weighted by Crippen LogP contribution is -2.29. The Kier molecular flexibility index (Phi) is 3.99. The predicted octanol–water partition coefficient (Wildman–Crippen LogP) is 3.63. The second kappa shape index (κ2) is 5.52. The molecular weight excluding hydrogens is 267 g/mol. The minimum atomic E-state index is -0.479. The fraction of sp³-hybridized carbons (Fsp3) is 0.385. The molecule has 1 aromatic carbocycles. The van der Waals surface area contributed by atoms with E-state index in [-0.39, 0.29) is 18.0 Å². The van der Waals surface area contributed by atoms with Crippen LogP contribution in [0.3, 0.4) is 0 Å². The maximum Gasteiger partial charge on any atom is 0.407 e. The quantitative estimate of drug-likeness (QED) is 0.935. The first kappa shape index (κ1) is 13.7. The lowest BCUT2D eigenvalue weighted by molar-refractivity contribution is 0.113. The number of aromatic nitrogens is 1. The number of alkyl carbamates (subject to hydrolysis) is 1. The molecule has 0 fully saturated rings. The van der Waals surface area contributed by atoms with E-state index in [4.69, 9.17) is 4.74 Å². The molecule has 102 valence electrons. The van der Waals surface area contributed by atoms with Gasteiger partial charge >= 0.3 is 6.09 Å². The SMILES string of the molecule is CC(C)OC(=O)NC(C)c1nc2ccc(F)cc2s1. The number of fused-ring (bicyclic) bond motifs is 1. The third-order valence-electron chi connectivity index (χ3n) is 2.41. The van der Waals surface area contributed by atoms with Crippen LogP contribution in [0.5, 0.6) is 0 Å². The molecule has 0 aliphatic rings. The van der Waals surface area contributed by atoms with Gasteiger partial charge in [0.05, 0.1) is 22.4 Å². The molecule has 0 aliphatic heterocycles. The lowest BCUT2D eigenvalue weighted by Gasteiger charge is -2.13. The van der Waals surface area contributed by atoms with Crippen molar-refractivity contribution in [1.82, 2.24) is 10.3 Å². The number of benzene rings is 1. The summed E-state index contributed by atoms with van der Waals surface area (Å²) in [5.41, 5.74) is 0.729. The molecule has 0 bridgehead atoms. The van der Waals surface area contributed by atoms with Crippen molar-refractivity contribution < 1.29 is 13.9 Å². The Balaban J connectivity index is 2.13. The minimum absolute atomic E-state index is 0.170. The Bertz CT molecular complexity index is 597. The van der Waals surface area contributed by atoms with Crippen LogP contribution in [0.1, 0.15) is 31.8 Å². The zero-order valence-corrected chi connectivity index (χ0v) is 11.8. The fourth-order valence-corrected chi connectivity index (χ4v) is 2.58. The number of rotatable bonds is 3. The molecule has 4 nitrogen and oxygen atoms in total. The van der Waals surface area contributed by atoms with Gasteiger partial charge in [-0.15, -0.1) is 11.3 Å². The van der Waals surface area contributed by atoms with Crippen LogP contribution < -0.4 is 5.32 Å². The third-order valence-corrected chi connectivity index (χ3v) is 3.62. The molecule has 0 saturated heterocycles. The average Bonchev–Trinajstić information content (AvgIpc) is 2.70. The van der Waals surface area contributed by atoms with Crippen molar-refractivity contribution in [1.29, 1.82) is 0 Å². The molecule has 1 heterocycles. The highest BCUT2D eigenvalue weighted by molar-refractivity contribution is 7.18. The molecule has 1 unspecified atom stereocenters. The Hall–Kier alpha value is -1.69. The smallest absolute Gasteiger partial charge is 0.407 e. The van der Waals surface area contributed by atoms with Gasteiger partial charge < -0.3 is 10.1 Å². The standard InChI is InChI=1S/C13H15FN2O2S/c1-7(2)18-13(17)15-8(3)12-16-10-5-4-9(14)6-11(10)19-12/h4-8H,1-3H3,(H,15,17). The summed E-state index contributed by atoms with van der Waals surface area (Å²) in [7, 11) is 0. The first-order chi connectivity index (χ1) is 8.95. The molecule has 1 N–H and O–H groups in total. The Morgan fingerprint density at radius 3 is 2.84 bits per heavy atom. The Labute approximate surface area is 114 Å². The summed E-state index contributed by atoms with van der Waals surface area (Å²) in [4.78, 5) is 15.9. The van der Waals surface area contributed by atoms with Crippen LogP contribution >= 0.6 is 11.3 Å². The van der Waals surface area contributed by atoms with E-state index in [2.05, 4.69) is 10.3 Å². The van der Waals surface area contributed by atoms with E-state index >= 15 is 0 Å². The molecular formula is C13H15FN2O2S. The summed E-state index contributed by atoms with van der Waals surface area (Å²) in [6.07, 6.45) is -0.649. The van der Waals surface area contributed by atoms with E-state index in [0.717, 1.165) is 15.2 Å². The Morgan fingerprint density at radius 2 is 2.16 bits per heavy atom. The second-order valence-electron chi connectivity index (χ2n) is 4.48. The van der Waals surface area contributed by atoms with Gasteiger partial charge in [0.1, 0.15) is 10.8 Å². The van der Waals surface area contributed by atoms with E-state index in [1.807, 2.05) is 6.92 Å². The molecule has 2 rings (SSSR count). The van der Waals surface area contributed by atoms with Crippen molar-refractivity contribution in [2.45, 2.75) is 32.9 Å². The minimum Gasteiger partial charge on any atom is -0.447 e. The molecule has 0 saturated carbocycles. The maximum absolute atomic E-state index is 13.1. The summed E-state index contributed by atoms with van der Waals surface area (Å²) in [5.74, 6) is -0.289. The van der Waals surface area contributed by atoms with E-state index in [1.54, 1.807) is 19.9 Å². The third kappa shape index (κ3) is 3.41. The number of nitrogens with zero attached hydrogens (tertiary/aromatic N) is 1. The summed E-state index contributed by atoms with van der Waals surface area (Å²) < 4.78 is 18.9. The highest BCUT2D eigenvalue weighted by Crippen LogP contribution is 2.26. The van der Waals surface area contributed by atoms with E-state index in [9.17, 15) is 9.18 Å². The van der Waals surface area contributed by atoms with Gasteiger partial charge in [0, 0.05) is 0 Å². The lowest BCUT2D eigenvalue weighted by atomic mass is 10.3. The van der Waals surface area contributed by atoms with Crippen molar-refractivity contribution in [2.75, 3.05) is 0 Å². The van der Waals surface area contributed by atoms with Gasteiger partial charge in [-0.25, -0.2) is 14.2 Å². The molecule has 1 aromatic heterocycles. The number of halogens is 1. The molecule has 0 radical (unpaired) electrons.